The molecule has 0 spiro atoms. The molecule has 1 aromatic carbocycles. The second kappa shape index (κ2) is 4.30. The molecule has 0 amide bonds. The smallest absolute Gasteiger partial charge is 0.0782 e. The summed E-state index contributed by atoms with van der Waals surface area (Å²) in [5.74, 6) is 0. The second-order valence-corrected chi connectivity index (χ2v) is 4.47. The predicted molar refractivity (Wildman–Crippen MR) is 67.6 cm³/mol. The summed E-state index contributed by atoms with van der Waals surface area (Å²) >= 11 is 0. The zero-order valence-electron chi connectivity index (χ0n) is 10.2. The van der Waals surface area contributed by atoms with E-state index in [4.69, 9.17) is 0 Å². The van der Waals surface area contributed by atoms with Gasteiger partial charge in [-0.3, -0.25) is 0 Å². The third-order valence-corrected chi connectivity index (χ3v) is 2.98. The SMILES string of the molecule is CCCn1cc(C(C)O)c2ccc(C)cc21. The van der Waals surface area contributed by atoms with E-state index in [0.717, 1.165) is 18.5 Å². The van der Waals surface area contributed by atoms with Gasteiger partial charge in [0.15, 0.2) is 0 Å². The molecule has 0 aliphatic rings. The Balaban J connectivity index is 2.66. The summed E-state index contributed by atoms with van der Waals surface area (Å²) in [6.07, 6.45) is 2.79. The van der Waals surface area contributed by atoms with Crippen LogP contribution in [0.4, 0.5) is 0 Å². The molecule has 0 bridgehead atoms. The van der Waals surface area contributed by atoms with Crippen molar-refractivity contribution in [1.29, 1.82) is 0 Å². The molecular formula is C14H19NO. The zero-order chi connectivity index (χ0) is 11.7. The fraction of sp³-hybridized carbons (Fsp3) is 0.429. The monoisotopic (exact) mass is 217 g/mol. The average molecular weight is 217 g/mol. The van der Waals surface area contributed by atoms with E-state index < -0.39 is 6.10 Å². The standard InChI is InChI=1S/C14H19NO/c1-4-7-15-9-13(11(3)16)12-6-5-10(2)8-14(12)15/h5-6,8-9,11,16H,4,7H2,1-3H3. The largest absolute Gasteiger partial charge is 0.389 e. The van der Waals surface area contributed by atoms with Gasteiger partial charge in [-0.1, -0.05) is 19.1 Å². The summed E-state index contributed by atoms with van der Waals surface area (Å²) < 4.78 is 2.24. The van der Waals surface area contributed by atoms with Crippen molar-refractivity contribution in [3.8, 4) is 0 Å². The minimum atomic E-state index is -0.400. The third kappa shape index (κ3) is 1.85. The minimum absolute atomic E-state index is 0.400. The summed E-state index contributed by atoms with van der Waals surface area (Å²) in [6.45, 7) is 7.10. The lowest BCUT2D eigenvalue weighted by molar-refractivity contribution is 0.200. The molecule has 0 aliphatic heterocycles. The van der Waals surface area contributed by atoms with Crippen molar-refractivity contribution in [3.05, 3.63) is 35.5 Å². The summed E-state index contributed by atoms with van der Waals surface area (Å²) in [7, 11) is 0. The highest BCUT2D eigenvalue weighted by Crippen LogP contribution is 2.27. The van der Waals surface area contributed by atoms with Crippen LogP contribution in [0, 0.1) is 6.92 Å². The predicted octanol–water partition coefficient (Wildman–Crippen LogP) is 3.41. The summed E-state index contributed by atoms with van der Waals surface area (Å²) in [6, 6.07) is 6.40. The number of fused-ring (bicyclic) bond motifs is 1. The summed E-state index contributed by atoms with van der Waals surface area (Å²) in [5, 5.41) is 10.9. The topological polar surface area (TPSA) is 25.2 Å². The molecule has 1 heterocycles. The maximum Gasteiger partial charge on any atom is 0.0782 e. The molecule has 2 rings (SSSR count). The molecule has 0 aliphatic carbocycles. The van der Waals surface area contributed by atoms with Crippen molar-refractivity contribution in [2.75, 3.05) is 0 Å². The highest BCUT2D eigenvalue weighted by molar-refractivity contribution is 5.85. The number of rotatable bonds is 3. The first-order chi connectivity index (χ1) is 7.63. The van der Waals surface area contributed by atoms with Crippen LogP contribution < -0.4 is 0 Å². The number of aliphatic hydroxyl groups is 1. The van der Waals surface area contributed by atoms with E-state index in [1.807, 2.05) is 6.92 Å². The first-order valence-corrected chi connectivity index (χ1v) is 5.91. The van der Waals surface area contributed by atoms with Gasteiger partial charge in [-0.2, -0.15) is 0 Å². The fourth-order valence-corrected chi connectivity index (χ4v) is 2.19. The van der Waals surface area contributed by atoms with Crippen LogP contribution in [0.1, 0.15) is 37.5 Å². The molecule has 2 heteroatoms. The van der Waals surface area contributed by atoms with Crippen LogP contribution in [0.15, 0.2) is 24.4 Å². The van der Waals surface area contributed by atoms with Crippen molar-refractivity contribution < 1.29 is 5.11 Å². The Morgan fingerprint density at radius 1 is 1.38 bits per heavy atom. The Labute approximate surface area is 96.5 Å². The first kappa shape index (κ1) is 11.2. The molecule has 86 valence electrons. The Morgan fingerprint density at radius 2 is 2.12 bits per heavy atom. The molecule has 16 heavy (non-hydrogen) atoms. The van der Waals surface area contributed by atoms with Crippen LogP contribution in [0.2, 0.25) is 0 Å². The molecular weight excluding hydrogens is 198 g/mol. The van der Waals surface area contributed by atoms with Crippen molar-refractivity contribution in [2.24, 2.45) is 0 Å². The van der Waals surface area contributed by atoms with Gasteiger partial charge >= 0.3 is 0 Å². The van der Waals surface area contributed by atoms with Gasteiger partial charge in [0.2, 0.25) is 0 Å². The molecule has 1 atom stereocenters. The number of aromatic nitrogens is 1. The van der Waals surface area contributed by atoms with E-state index in [1.165, 1.54) is 16.5 Å². The van der Waals surface area contributed by atoms with E-state index in [0.29, 0.717) is 0 Å². The Kier molecular flexibility index (Phi) is 3.01. The summed E-state index contributed by atoms with van der Waals surface area (Å²) in [4.78, 5) is 0. The van der Waals surface area contributed by atoms with Crippen molar-refractivity contribution in [2.45, 2.75) is 39.8 Å². The molecule has 0 radical (unpaired) electrons. The number of aliphatic hydroxyl groups excluding tert-OH is 1. The molecule has 0 fully saturated rings. The van der Waals surface area contributed by atoms with Crippen molar-refractivity contribution >= 4 is 10.9 Å². The number of nitrogens with zero attached hydrogens (tertiary/aromatic N) is 1. The first-order valence-electron chi connectivity index (χ1n) is 5.91. The van der Waals surface area contributed by atoms with Gasteiger partial charge in [-0.25, -0.2) is 0 Å². The number of aryl methyl sites for hydroxylation is 2. The highest BCUT2D eigenvalue weighted by Gasteiger charge is 2.11. The van der Waals surface area contributed by atoms with Gasteiger partial charge in [0.05, 0.1) is 6.10 Å². The summed E-state index contributed by atoms with van der Waals surface area (Å²) in [5.41, 5.74) is 3.53. The van der Waals surface area contributed by atoms with E-state index in [1.54, 1.807) is 0 Å². The lowest BCUT2D eigenvalue weighted by Crippen LogP contribution is -1.94. The van der Waals surface area contributed by atoms with E-state index in [-0.39, 0.29) is 0 Å². The quantitative estimate of drug-likeness (QED) is 0.837. The van der Waals surface area contributed by atoms with E-state index in [9.17, 15) is 5.11 Å². The van der Waals surface area contributed by atoms with Crippen LogP contribution in [0.5, 0.6) is 0 Å². The van der Waals surface area contributed by atoms with Crippen LogP contribution in [-0.2, 0) is 6.54 Å². The number of hydrogen-bond donors (Lipinski definition) is 1. The maximum atomic E-state index is 9.76. The Bertz CT molecular complexity index is 497. The van der Waals surface area contributed by atoms with Gasteiger partial charge in [-0.15, -0.1) is 0 Å². The Hall–Kier alpha value is -1.28. The highest BCUT2D eigenvalue weighted by atomic mass is 16.3. The molecule has 0 saturated carbocycles. The molecule has 2 aromatic rings. The Morgan fingerprint density at radius 3 is 2.75 bits per heavy atom. The fourth-order valence-electron chi connectivity index (χ4n) is 2.19. The maximum absolute atomic E-state index is 9.76. The average Bonchev–Trinajstić information content (AvgIpc) is 2.58. The van der Waals surface area contributed by atoms with Crippen LogP contribution >= 0.6 is 0 Å². The van der Waals surface area contributed by atoms with Gasteiger partial charge < -0.3 is 9.67 Å². The van der Waals surface area contributed by atoms with Crippen molar-refractivity contribution in [1.82, 2.24) is 4.57 Å². The lowest BCUT2D eigenvalue weighted by Gasteiger charge is -2.02. The van der Waals surface area contributed by atoms with Gasteiger partial charge in [0.25, 0.3) is 0 Å². The van der Waals surface area contributed by atoms with E-state index >= 15 is 0 Å². The molecule has 1 N–H and O–H groups in total. The molecule has 1 aromatic heterocycles. The molecule has 1 unspecified atom stereocenters. The van der Waals surface area contributed by atoms with Gasteiger partial charge in [-0.05, 0) is 31.9 Å². The molecule has 2 nitrogen and oxygen atoms in total. The zero-order valence-corrected chi connectivity index (χ0v) is 10.2. The second-order valence-electron chi connectivity index (χ2n) is 4.47. The third-order valence-electron chi connectivity index (χ3n) is 2.98. The molecule has 0 saturated heterocycles. The van der Waals surface area contributed by atoms with Crippen LogP contribution in [-0.4, -0.2) is 9.67 Å². The van der Waals surface area contributed by atoms with Crippen molar-refractivity contribution in [3.63, 3.8) is 0 Å². The number of hydrogen-bond acceptors (Lipinski definition) is 1. The van der Waals surface area contributed by atoms with Gasteiger partial charge in [0.1, 0.15) is 0 Å². The minimum Gasteiger partial charge on any atom is -0.389 e. The lowest BCUT2D eigenvalue weighted by atomic mass is 10.1. The normalized spacial score (nSPS) is 13.2. The van der Waals surface area contributed by atoms with Crippen LogP contribution in [0.3, 0.4) is 0 Å². The number of benzene rings is 1. The van der Waals surface area contributed by atoms with Gasteiger partial charge in [0, 0.05) is 29.2 Å². The van der Waals surface area contributed by atoms with Crippen LogP contribution in [0.25, 0.3) is 10.9 Å². The van der Waals surface area contributed by atoms with E-state index in [2.05, 4.69) is 42.8 Å².